The lowest BCUT2D eigenvalue weighted by atomic mass is 10.1. The fourth-order valence-electron chi connectivity index (χ4n) is 3.03. The first kappa shape index (κ1) is 15.6. The molecule has 1 aliphatic rings. The molecule has 3 nitrogen and oxygen atoms in total. The van der Waals surface area contributed by atoms with Gasteiger partial charge in [-0.05, 0) is 68.1 Å². The molecule has 0 saturated heterocycles. The molecule has 2 aromatic carbocycles. The van der Waals surface area contributed by atoms with Gasteiger partial charge in [-0.2, -0.15) is 0 Å². The van der Waals surface area contributed by atoms with E-state index in [1.807, 2.05) is 51.1 Å². The third-order valence-electron chi connectivity index (χ3n) is 4.08. The van der Waals surface area contributed by atoms with Gasteiger partial charge < -0.3 is 0 Å². The number of rotatable bonds is 2. The van der Waals surface area contributed by atoms with E-state index in [1.54, 1.807) is 10.4 Å². The molecule has 0 saturated carbocycles. The maximum absolute atomic E-state index is 13.2. The average molecular weight is 380 g/mol. The standard InChI is InChI=1S/C17H18BrNO2S/c1-11-4-5-12(2)17(8-11)22(20,21)19-13(3)9-14-10-15(18)6-7-16(14)19/h4-8,10,13H,9H2,1-3H3. The Hall–Kier alpha value is -1.33. The Balaban J connectivity index is 2.16. The van der Waals surface area contributed by atoms with E-state index in [1.165, 1.54) is 0 Å². The van der Waals surface area contributed by atoms with E-state index in [2.05, 4.69) is 15.9 Å². The van der Waals surface area contributed by atoms with E-state index in [4.69, 9.17) is 0 Å². The van der Waals surface area contributed by atoms with Crippen LogP contribution in [0, 0.1) is 13.8 Å². The van der Waals surface area contributed by atoms with Crippen molar-refractivity contribution in [2.75, 3.05) is 4.31 Å². The fourth-order valence-corrected chi connectivity index (χ4v) is 5.44. The van der Waals surface area contributed by atoms with Gasteiger partial charge in [0.15, 0.2) is 0 Å². The zero-order chi connectivity index (χ0) is 16.1. The van der Waals surface area contributed by atoms with Crippen molar-refractivity contribution in [3.05, 3.63) is 57.6 Å². The minimum atomic E-state index is -3.55. The maximum Gasteiger partial charge on any atom is 0.264 e. The van der Waals surface area contributed by atoms with Gasteiger partial charge >= 0.3 is 0 Å². The number of hydrogen-bond acceptors (Lipinski definition) is 2. The molecule has 116 valence electrons. The van der Waals surface area contributed by atoms with Crippen LogP contribution in [0.2, 0.25) is 0 Å². The van der Waals surface area contributed by atoms with Crippen LogP contribution in [0.5, 0.6) is 0 Å². The predicted molar refractivity (Wildman–Crippen MR) is 92.9 cm³/mol. The number of halogens is 1. The SMILES string of the molecule is Cc1ccc(C)c(S(=O)(=O)N2c3ccc(Br)cc3CC2C)c1. The molecule has 0 spiro atoms. The summed E-state index contributed by atoms with van der Waals surface area (Å²) in [6.45, 7) is 5.71. The molecule has 5 heteroatoms. The van der Waals surface area contributed by atoms with E-state index in [0.717, 1.165) is 33.3 Å². The number of fused-ring (bicyclic) bond motifs is 1. The lowest BCUT2D eigenvalue weighted by Gasteiger charge is -2.25. The minimum Gasteiger partial charge on any atom is -0.263 e. The lowest BCUT2D eigenvalue weighted by molar-refractivity contribution is 0.583. The topological polar surface area (TPSA) is 37.4 Å². The van der Waals surface area contributed by atoms with E-state index in [-0.39, 0.29) is 6.04 Å². The molecule has 1 atom stereocenters. The molecule has 0 radical (unpaired) electrons. The third kappa shape index (κ3) is 2.46. The number of benzene rings is 2. The Morgan fingerprint density at radius 3 is 2.59 bits per heavy atom. The highest BCUT2D eigenvalue weighted by Crippen LogP contribution is 2.38. The van der Waals surface area contributed by atoms with Crippen molar-refractivity contribution in [3.8, 4) is 0 Å². The first-order chi connectivity index (χ1) is 10.3. The Kier molecular flexibility index (Phi) is 3.81. The van der Waals surface area contributed by atoms with Crippen molar-refractivity contribution in [2.24, 2.45) is 0 Å². The highest BCUT2D eigenvalue weighted by Gasteiger charge is 2.36. The Morgan fingerprint density at radius 2 is 1.86 bits per heavy atom. The number of aryl methyl sites for hydroxylation is 2. The van der Waals surface area contributed by atoms with Crippen LogP contribution < -0.4 is 4.31 Å². The summed E-state index contributed by atoms with van der Waals surface area (Å²) in [6, 6.07) is 11.3. The molecule has 2 aromatic rings. The quantitative estimate of drug-likeness (QED) is 0.783. The number of sulfonamides is 1. The predicted octanol–water partition coefficient (Wildman–Crippen LogP) is 4.21. The van der Waals surface area contributed by atoms with Gasteiger partial charge in [-0.3, -0.25) is 4.31 Å². The van der Waals surface area contributed by atoms with E-state index in [0.29, 0.717) is 4.90 Å². The van der Waals surface area contributed by atoms with E-state index < -0.39 is 10.0 Å². The number of nitrogens with zero attached hydrogens (tertiary/aromatic N) is 1. The van der Waals surface area contributed by atoms with E-state index >= 15 is 0 Å². The third-order valence-corrected chi connectivity index (χ3v) is 6.64. The smallest absolute Gasteiger partial charge is 0.263 e. The monoisotopic (exact) mass is 379 g/mol. The summed E-state index contributed by atoms with van der Waals surface area (Å²) in [7, 11) is -3.55. The van der Waals surface area contributed by atoms with Crippen LogP contribution in [0.15, 0.2) is 45.8 Å². The Bertz CT molecular complexity index is 846. The van der Waals surface area contributed by atoms with Gasteiger partial charge in [-0.1, -0.05) is 28.1 Å². The van der Waals surface area contributed by atoms with E-state index in [9.17, 15) is 8.42 Å². The Labute approximate surface area is 140 Å². The van der Waals surface area contributed by atoms with Gasteiger partial charge in [-0.15, -0.1) is 0 Å². The highest BCUT2D eigenvalue weighted by atomic mass is 79.9. The molecule has 0 aromatic heterocycles. The largest absolute Gasteiger partial charge is 0.264 e. The van der Waals surface area contributed by atoms with Crippen LogP contribution in [-0.4, -0.2) is 14.5 Å². The van der Waals surface area contributed by atoms with Crippen molar-refractivity contribution in [1.82, 2.24) is 0 Å². The van der Waals surface area contributed by atoms with Crippen molar-refractivity contribution < 1.29 is 8.42 Å². The van der Waals surface area contributed by atoms with Crippen molar-refractivity contribution in [3.63, 3.8) is 0 Å². The van der Waals surface area contributed by atoms with Gasteiger partial charge in [0.05, 0.1) is 10.6 Å². The highest BCUT2D eigenvalue weighted by molar-refractivity contribution is 9.10. The van der Waals surface area contributed by atoms with Gasteiger partial charge in [0, 0.05) is 10.5 Å². The van der Waals surface area contributed by atoms with Gasteiger partial charge in [0.25, 0.3) is 10.0 Å². The second-order valence-electron chi connectivity index (χ2n) is 5.90. The molecular weight excluding hydrogens is 362 g/mol. The van der Waals surface area contributed by atoms with Crippen LogP contribution in [0.1, 0.15) is 23.6 Å². The van der Waals surface area contributed by atoms with Crippen LogP contribution in [0.25, 0.3) is 0 Å². The molecule has 0 fully saturated rings. The summed E-state index contributed by atoms with van der Waals surface area (Å²) < 4.78 is 28.9. The molecule has 1 unspecified atom stereocenters. The molecule has 0 N–H and O–H groups in total. The second kappa shape index (κ2) is 5.39. The van der Waals surface area contributed by atoms with Gasteiger partial charge in [0.2, 0.25) is 0 Å². The number of anilines is 1. The number of hydrogen-bond donors (Lipinski definition) is 0. The molecular formula is C17H18BrNO2S. The normalized spacial score (nSPS) is 17.6. The molecule has 3 rings (SSSR count). The van der Waals surface area contributed by atoms with Crippen LogP contribution in [0.4, 0.5) is 5.69 Å². The van der Waals surface area contributed by atoms with Crippen molar-refractivity contribution in [1.29, 1.82) is 0 Å². The summed E-state index contributed by atoms with van der Waals surface area (Å²) in [5.41, 5.74) is 3.59. The van der Waals surface area contributed by atoms with Crippen LogP contribution in [0.3, 0.4) is 0 Å². The summed E-state index contributed by atoms with van der Waals surface area (Å²) in [4.78, 5) is 0.398. The van der Waals surface area contributed by atoms with Crippen molar-refractivity contribution in [2.45, 2.75) is 38.1 Å². The molecule has 0 aliphatic carbocycles. The summed E-state index contributed by atoms with van der Waals surface area (Å²) >= 11 is 3.45. The minimum absolute atomic E-state index is 0.0748. The molecule has 22 heavy (non-hydrogen) atoms. The lowest BCUT2D eigenvalue weighted by Crippen LogP contribution is -2.36. The summed E-state index contributed by atoms with van der Waals surface area (Å²) in [6.07, 6.45) is 0.735. The second-order valence-corrected chi connectivity index (χ2v) is 8.60. The van der Waals surface area contributed by atoms with Crippen LogP contribution >= 0.6 is 15.9 Å². The van der Waals surface area contributed by atoms with Gasteiger partial charge in [0.1, 0.15) is 0 Å². The van der Waals surface area contributed by atoms with Gasteiger partial charge in [-0.25, -0.2) is 8.42 Å². The summed E-state index contributed by atoms with van der Waals surface area (Å²) in [5, 5.41) is 0. The molecule has 1 aliphatic heterocycles. The zero-order valence-corrected chi connectivity index (χ0v) is 15.2. The van der Waals surface area contributed by atoms with Crippen molar-refractivity contribution >= 4 is 31.6 Å². The molecule has 0 bridgehead atoms. The first-order valence-corrected chi connectivity index (χ1v) is 9.44. The Morgan fingerprint density at radius 1 is 1.14 bits per heavy atom. The summed E-state index contributed by atoms with van der Waals surface area (Å²) in [5.74, 6) is 0. The average Bonchev–Trinajstić information content (AvgIpc) is 2.76. The molecule has 0 amide bonds. The molecule has 1 heterocycles. The zero-order valence-electron chi connectivity index (χ0n) is 12.8. The first-order valence-electron chi connectivity index (χ1n) is 7.21. The maximum atomic E-state index is 13.2. The van der Waals surface area contributed by atoms with Crippen LogP contribution in [-0.2, 0) is 16.4 Å². The fraction of sp³-hybridized carbons (Fsp3) is 0.294.